The molecule has 1 aliphatic heterocycles. The molecule has 4 aromatic heterocycles. The van der Waals surface area contributed by atoms with Crippen molar-refractivity contribution < 1.29 is 0 Å². The summed E-state index contributed by atoms with van der Waals surface area (Å²) in [5, 5.41) is 8.97. The van der Waals surface area contributed by atoms with Crippen LogP contribution >= 0.6 is 0 Å². The lowest BCUT2D eigenvalue weighted by Crippen LogP contribution is -2.31. The first-order valence-corrected chi connectivity index (χ1v) is 12.6. The van der Waals surface area contributed by atoms with Gasteiger partial charge >= 0.3 is 0 Å². The number of imidazole rings is 1. The second kappa shape index (κ2) is 9.91. The van der Waals surface area contributed by atoms with Gasteiger partial charge in [0.1, 0.15) is 0 Å². The summed E-state index contributed by atoms with van der Waals surface area (Å²) >= 11 is 0. The predicted molar refractivity (Wildman–Crippen MR) is 140 cm³/mol. The average molecular weight is 480 g/mol. The van der Waals surface area contributed by atoms with Crippen LogP contribution in [0, 0.1) is 0 Å². The number of nitrogens with zero attached hydrogens (tertiary/aromatic N) is 7. The third kappa shape index (κ3) is 4.59. The monoisotopic (exact) mass is 479 g/mol. The second-order valence-electron chi connectivity index (χ2n) is 9.36. The van der Waals surface area contributed by atoms with Crippen LogP contribution in [0.4, 0.5) is 0 Å². The Hall–Kier alpha value is -4.04. The van der Waals surface area contributed by atoms with Crippen molar-refractivity contribution in [3.63, 3.8) is 0 Å². The number of likely N-dealkylation sites (tertiary alicyclic amines) is 1. The minimum Gasteiger partial charge on any atom is -0.315 e. The zero-order valence-corrected chi connectivity index (χ0v) is 20.2. The highest BCUT2D eigenvalue weighted by molar-refractivity contribution is 5.70. The van der Waals surface area contributed by atoms with E-state index in [1.54, 1.807) is 23.0 Å². The van der Waals surface area contributed by atoms with Crippen molar-refractivity contribution in [1.29, 1.82) is 0 Å². The number of hydrogen-bond donors (Lipinski definition) is 0. The number of benzene rings is 1. The fourth-order valence-corrected chi connectivity index (χ4v) is 4.98. The summed E-state index contributed by atoms with van der Waals surface area (Å²) in [6.45, 7) is 4.18. The Bertz CT molecular complexity index is 1530. The van der Waals surface area contributed by atoms with E-state index in [1.807, 2.05) is 64.2 Å². The highest BCUT2D eigenvalue weighted by Gasteiger charge is 2.12. The van der Waals surface area contributed by atoms with Crippen molar-refractivity contribution in [2.24, 2.45) is 0 Å². The SMILES string of the molecule is O=c1cc(-c2cnn3c(-c4cccc(-n5cccn5)c4)cnc3c2)ccn1CCCN1CCCCC1. The second-order valence-corrected chi connectivity index (χ2v) is 9.36. The van der Waals surface area contributed by atoms with Crippen molar-refractivity contribution in [1.82, 2.24) is 33.8 Å². The summed E-state index contributed by atoms with van der Waals surface area (Å²) in [5.41, 5.74) is 5.36. The number of aryl methyl sites for hydroxylation is 1. The number of pyridine rings is 1. The molecule has 36 heavy (non-hydrogen) atoms. The molecule has 0 unspecified atom stereocenters. The molecule has 0 amide bonds. The van der Waals surface area contributed by atoms with Gasteiger partial charge in [0.2, 0.25) is 0 Å². The quantitative estimate of drug-likeness (QED) is 0.348. The first-order valence-electron chi connectivity index (χ1n) is 12.6. The maximum absolute atomic E-state index is 12.8. The highest BCUT2D eigenvalue weighted by Crippen LogP contribution is 2.25. The van der Waals surface area contributed by atoms with Gasteiger partial charge in [-0.15, -0.1) is 0 Å². The molecule has 1 aromatic carbocycles. The van der Waals surface area contributed by atoms with Gasteiger partial charge in [-0.25, -0.2) is 14.2 Å². The van der Waals surface area contributed by atoms with Crippen molar-refractivity contribution >= 4 is 5.65 Å². The molecule has 0 aliphatic carbocycles. The first-order chi connectivity index (χ1) is 17.7. The molecule has 8 heteroatoms. The standard InChI is InChI=1S/C28H29N7O/c36-28-19-22(9-16-33(28)14-6-13-32-11-2-1-3-12-32)24-18-27-29-21-26(35(27)31-20-24)23-7-4-8-25(17-23)34-15-5-10-30-34/h4-5,7-10,15-21H,1-3,6,11-14H2. The van der Waals surface area contributed by atoms with Crippen molar-refractivity contribution in [3.05, 3.63) is 89.9 Å². The average Bonchev–Trinajstić information content (AvgIpc) is 3.61. The van der Waals surface area contributed by atoms with E-state index in [-0.39, 0.29) is 5.56 Å². The Morgan fingerprint density at radius 2 is 1.72 bits per heavy atom. The zero-order valence-electron chi connectivity index (χ0n) is 20.2. The Balaban J connectivity index is 1.20. The molecule has 0 radical (unpaired) electrons. The third-order valence-electron chi connectivity index (χ3n) is 6.92. The molecule has 8 nitrogen and oxygen atoms in total. The molecule has 0 saturated carbocycles. The summed E-state index contributed by atoms with van der Waals surface area (Å²) < 4.78 is 5.46. The lowest BCUT2D eigenvalue weighted by Gasteiger charge is -2.26. The number of hydrogen-bond acceptors (Lipinski definition) is 5. The molecule has 0 spiro atoms. The van der Waals surface area contributed by atoms with Crippen LogP contribution in [0.25, 0.3) is 33.7 Å². The molecular weight excluding hydrogens is 450 g/mol. The Morgan fingerprint density at radius 1 is 0.806 bits per heavy atom. The van der Waals surface area contributed by atoms with Crippen molar-refractivity contribution in [3.8, 4) is 28.1 Å². The van der Waals surface area contributed by atoms with E-state index in [4.69, 9.17) is 0 Å². The van der Waals surface area contributed by atoms with E-state index in [2.05, 4.69) is 26.1 Å². The van der Waals surface area contributed by atoms with Gasteiger partial charge in [-0.3, -0.25) is 4.79 Å². The Morgan fingerprint density at radius 3 is 2.56 bits per heavy atom. The van der Waals surface area contributed by atoms with Crippen LogP contribution in [0.15, 0.2) is 84.3 Å². The molecule has 1 fully saturated rings. The van der Waals surface area contributed by atoms with Gasteiger partial charge in [0, 0.05) is 42.3 Å². The number of piperidine rings is 1. The van der Waals surface area contributed by atoms with E-state index in [1.165, 1.54) is 32.4 Å². The largest absolute Gasteiger partial charge is 0.315 e. The van der Waals surface area contributed by atoms with Crippen LogP contribution in [0.2, 0.25) is 0 Å². The Kier molecular flexibility index (Phi) is 6.17. The first kappa shape index (κ1) is 22.4. The molecular formula is C28H29N7O. The normalized spacial score (nSPS) is 14.4. The van der Waals surface area contributed by atoms with Crippen LogP contribution in [-0.4, -0.2) is 53.5 Å². The lowest BCUT2D eigenvalue weighted by molar-refractivity contribution is 0.222. The number of fused-ring (bicyclic) bond motifs is 1. The molecule has 0 bridgehead atoms. The number of rotatable bonds is 7. The molecule has 182 valence electrons. The third-order valence-corrected chi connectivity index (χ3v) is 6.92. The van der Waals surface area contributed by atoms with E-state index in [0.29, 0.717) is 0 Å². The maximum Gasteiger partial charge on any atom is 0.251 e. The van der Waals surface area contributed by atoms with Gasteiger partial charge in [0.25, 0.3) is 5.56 Å². The highest BCUT2D eigenvalue weighted by atomic mass is 16.1. The van der Waals surface area contributed by atoms with Gasteiger partial charge in [-0.05, 0) is 74.8 Å². The summed E-state index contributed by atoms with van der Waals surface area (Å²) in [6, 6.07) is 15.7. The molecule has 1 saturated heterocycles. The fraction of sp³-hybridized carbons (Fsp3) is 0.286. The van der Waals surface area contributed by atoms with Gasteiger partial charge in [0.05, 0.1) is 23.8 Å². The fourth-order valence-electron chi connectivity index (χ4n) is 4.98. The smallest absolute Gasteiger partial charge is 0.251 e. The summed E-state index contributed by atoms with van der Waals surface area (Å²) in [5.74, 6) is 0. The number of aromatic nitrogens is 6. The summed E-state index contributed by atoms with van der Waals surface area (Å²) in [6.07, 6.45) is 14.1. The van der Waals surface area contributed by atoms with E-state index in [0.717, 1.165) is 53.2 Å². The van der Waals surface area contributed by atoms with E-state index < -0.39 is 0 Å². The molecule has 5 aromatic rings. The molecule has 5 heterocycles. The Labute approximate surface area is 209 Å². The van der Waals surface area contributed by atoms with Gasteiger partial charge in [0.15, 0.2) is 5.65 Å². The summed E-state index contributed by atoms with van der Waals surface area (Å²) in [4.78, 5) is 19.9. The minimum atomic E-state index is 0.0190. The van der Waals surface area contributed by atoms with E-state index >= 15 is 0 Å². The van der Waals surface area contributed by atoms with Crippen LogP contribution < -0.4 is 5.56 Å². The maximum atomic E-state index is 12.8. The van der Waals surface area contributed by atoms with Crippen molar-refractivity contribution in [2.75, 3.05) is 19.6 Å². The minimum absolute atomic E-state index is 0.0190. The molecule has 0 N–H and O–H groups in total. The van der Waals surface area contributed by atoms with Crippen LogP contribution in [-0.2, 0) is 6.54 Å². The molecule has 1 aliphatic rings. The molecule has 6 rings (SSSR count). The van der Waals surface area contributed by atoms with Crippen molar-refractivity contribution in [2.45, 2.75) is 32.2 Å². The summed E-state index contributed by atoms with van der Waals surface area (Å²) in [7, 11) is 0. The van der Waals surface area contributed by atoms with Crippen LogP contribution in [0.5, 0.6) is 0 Å². The van der Waals surface area contributed by atoms with Gasteiger partial charge in [-0.2, -0.15) is 10.2 Å². The van der Waals surface area contributed by atoms with Gasteiger partial charge in [-0.1, -0.05) is 18.6 Å². The van der Waals surface area contributed by atoms with E-state index in [9.17, 15) is 4.79 Å². The topological polar surface area (TPSA) is 73.3 Å². The molecule has 0 atom stereocenters. The predicted octanol–water partition coefficient (Wildman–Crippen LogP) is 4.29. The van der Waals surface area contributed by atoms with Gasteiger partial charge < -0.3 is 9.47 Å². The zero-order chi connectivity index (χ0) is 24.3. The van der Waals surface area contributed by atoms with Crippen LogP contribution in [0.3, 0.4) is 0 Å². The van der Waals surface area contributed by atoms with Crippen LogP contribution in [0.1, 0.15) is 25.7 Å². The lowest BCUT2D eigenvalue weighted by atomic mass is 10.1.